The molecule has 0 aliphatic rings. The first-order valence-corrected chi connectivity index (χ1v) is 9.32. The van der Waals surface area contributed by atoms with E-state index < -0.39 is 0 Å². The van der Waals surface area contributed by atoms with Crippen LogP contribution in [0.5, 0.6) is 5.75 Å². The van der Waals surface area contributed by atoms with Crippen molar-refractivity contribution in [1.82, 2.24) is 20.0 Å². The molecule has 2 aromatic carbocycles. The van der Waals surface area contributed by atoms with Crippen LogP contribution < -0.4 is 10.1 Å². The summed E-state index contributed by atoms with van der Waals surface area (Å²) in [6.07, 6.45) is 0.0375. The first-order chi connectivity index (χ1) is 14.0. The summed E-state index contributed by atoms with van der Waals surface area (Å²) in [5, 5.41) is 8.02. The molecule has 0 aliphatic carbocycles. The van der Waals surface area contributed by atoms with Gasteiger partial charge in [0.1, 0.15) is 12.2 Å². The molecule has 4 aromatic rings. The van der Waals surface area contributed by atoms with Gasteiger partial charge in [-0.2, -0.15) is 4.98 Å². The third kappa shape index (κ3) is 3.99. The van der Waals surface area contributed by atoms with Gasteiger partial charge in [0, 0.05) is 35.8 Å². The van der Waals surface area contributed by atoms with E-state index in [4.69, 9.17) is 9.26 Å². The molecular formula is C22H22N4O3. The highest BCUT2D eigenvalue weighted by Crippen LogP contribution is 2.21. The Balaban J connectivity index is 1.37. The summed E-state index contributed by atoms with van der Waals surface area (Å²) >= 11 is 0. The maximum Gasteiger partial charge on any atom is 0.236 e. The maximum atomic E-state index is 12.3. The Morgan fingerprint density at radius 1 is 1.17 bits per heavy atom. The normalized spacial score (nSPS) is 11.0. The van der Waals surface area contributed by atoms with Crippen LogP contribution in [0.4, 0.5) is 0 Å². The molecule has 0 saturated heterocycles. The third-order valence-corrected chi connectivity index (χ3v) is 4.96. The molecule has 2 heterocycles. The van der Waals surface area contributed by atoms with Gasteiger partial charge < -0.3 is 19.1 Å². The lowest BCUT2D eigenvalue weighted by molar-refractivity contribution is -0.120. The van der Waals surface area contributed by atoms with E-state index in [9.17, 15) is 4.79 Å². The number of rotatable bonds is 6. The summed E-state index contributed by atoms with van der Waals surface area (Å²) in [6, 6.07) is 15.7. The van der Waals surface area contributed by atoms with Crippen LogP contribution >= 0.6 is 0 Å². The molecule has 0 aliphatic heterocycles. The Labute approximate surface area is 168 Å². The van der Waals surface area contributed by atoms with Crippen LogP contribution in [0.2, 0.25) is 0 Å². The Morgan fingerprint density at radius 3 is 2.72 bits per heavy atom. The van der Waals surface area contributed by atoms with E-state index in [2.05, 4.69) is 45.1 Å². The molecule has 29 heavy (non-hydrogen) atoms. The molecule has 2 aromatic heterocycles. The van der Waals surface area contributed by atoms with Gasteiger partial charge in [0.2, 0.25) is 17.6 Å². The predicted molar refractivity (Wildman–Crippen MR) is 109 cm³/mol. The van der Waals surface area contributed by atoms with Gasteiger partial charge in [-0.25, -0.2) is 0 Å². The number of nitrogens with one attached hydrogen (secondary N) is 1. The van der Waals surface area contributed by atoms with Gasteiger partial charge in [-0.05, 0) is 55.0 Å². The second kappa shape index (κ2) is 7.79. The molecule has 7 nitrogen and oxygen atoms in total. The van der Waals surface area contributed by atoms with E-state index >= 15 is 0 Å². The number of benzene rings is 2. The lowest BCUT2D eigenvalue weighted by Crippen LogP contribution is -2.24. The Kier molecular flexibility index (Phi) is 5.03. The highest BCUT2D eigenvalue weighted by atomic mass is 16.5. The van der Waals surface area contributed by atoms with Gasteiger partial charge in [-0.15, -0.1) is 0 Å². The number of ether oxygens (including phenoxy) is 1. The zero-order valence-corrected chi connectivity index (χ0v) is 16.6. The molecule has 0 saturated carbocycles. The molecule has 148 valence electrons. The number of hydrogen-bond acceptors (Lipinski definition) is 5. The number of aromatic nitrogens is 3. The molecule has 0 atom stereocenters. The van der Waals surface area contributed by atoms with Gasteiger partial charge in [0.05, 0.1) is 7.11 Å². The van der Waals surface area contributed by atoms with Crippen LogP contribution in [0.3, 0.4) is 0 Å². The summed E-state index contributed by atoms with van der Waals surface area (Å²) in [4.78, 5) is 16.6. The van der Waals surface area contributed by atoms with Gasteiger partial charge >= 0.3 is 0 Å². The van der Waals surface area contributed by atoms with Crippen molar-refractivity contribution in [1.29, 1.82) is 0 Å². The van der Waals surface area contributed by atoms with Crippen LogP contribution in [0.25, 0.3) is 22.3 Å². The molecule has 0 unspecified atom stereocenters. The molecule has 0 radical (unpaired) electrons. The van der Waals surface area contributed by atoms with E-state index in [1.54, 1.807) is 7.11 Å². The molecule has 0 spiro atoms. The van der Waals surface area contributed by atoms with E-state index in [1.807, 2.05) is 37.4 Å². The molecular weight excluding hydrogens is 368 g/mol. The summed E-state index contributed by atoms with van der Waals surface area (Å²) in [6.45, 7) is 2.52. The summed E-state index contributed by atoms with van der Waals surface area (Å²) < 4.78 is 12.5. The van der Waals surface area contributed by atoms with Crippen LogP contribution in [0, 0.1) is 6.92 Å². The lowest BCUT2D eigenvalue weighted by Gasteiger charge is -2.05. The highest BCUT2D eigenvalue weighted by molar-refractivity contribution is 5.82. The van der Waals surface area contributed by atoms with Crippen LogP contribution in [0.15, 0.2) is 53.1 Å². The number of carbonyl (C=O) groups excluding carboxylic acids is 1. The molecule has 1 amide bonds. The zero-order chi connectivity index (χ0) is 20.4. The van der Waals surface area contributed by atoms with Gasteiger partial charge in [0.25, 0.3) is 0 Å². The van der Waals surface area contributed by atoms with E-state index in [-0.39, 0.29) is 18.2 Å². The van der Waals surface area contributed by atoms with Gasteiger partial charge in [0.15, 0.2) is 0 Å². The highest BCUT2D eigenvalue weighted by Gasteiger charge is 2.13. The summed E-state index contributed by atoms with van der Waals surface area (Å²) in [5.41, 5.74) is 4.22. The number of aryl methyl sites for hydroxylation is 2. The summed E-state index contributed by atoms with van der Waals surface area (Å²) in [7, 11) is 3.66. The molecule has 4 rings (SSSR count). The third-order valence-electron chi connectivity index (χ3n) is 4.96. The van der Waals surface area contributed by atoms with E-state index in [0.717, 1.165) is 22.3 Å². The number of carbonyl (C=O) groups is 1. The van der Waals surface area contributed by atoms with Crippen LogP contribution in [-0.4, -0.2) is 27.7 Å². The molecule has 1 N–H and O–H groups in total. The molecule has 0 bridgehead atoms. The van der Waals surface area contributed by atoms with Crippen molar-refractivity contribution in [3.8, 4) is 17.1 Å². The minimum Gasteiger partial charge on any atom is -0.497 e. The zero-order valence-electron chi connectivity index (χ0n) is 16.6. The van der Waals surface area contributed by atoms with Gasteiger partial charge in [-0.3, -0.25) is 4.79 Å². The topological polar surface area (TPSA) is 82.2 Å². The maximum absolute atomic E-state index is 12.3. The van der Waals surface area contributed by atoms with Crippen molar-refractivity contribution in [3.05, 3.63) is 65.7 Å². The smallest absolute Gasteiger partial charge is 0.236 e. The summed E-state index contributed by atoms with van der Waals surface area (Å²) in [5.74, 6) is 1.31. The van der Waals surface area contributed by atoms with Crippen molar-refractivity contribution in [3.63, 3.8) is 0 Å². The Hall–Kier alpha value is -3.61. The van der Waals surface area contributed by atoms with Crippen molar-refractivity contribution in [2.75, 3.05) is 7.11 Å². The number of fused-ring (bicyclic) bond motifs is 1. The monoisotopic (exact) mass is 390 g/mol. The SMILES string of the molecule is COc1ccc(-c2noc(CC(=O)NCc3ccc4c(c3)cc(C)n4C)n2)cc1. The fraction of sp³-hybridized carbons (Fsp3) is 0.227. The fourth-order valence-corrected chi connectivity index (χ4v) is 3.23. The second-order valence-electron chi connectivity index (χ2n) is 6.93. The van der Waals surface area contributed by atoms with E-state index in [1.165, 1.54) is 11.2 Å². The molecule has 7 heteroatoms. The predicted octanol–water partition coefficient (Wildman–Crippen LogP) is 3.40. The molecule has 0 fully saturated rings. The largest absolute Gasteiger partial charge is 0.497 e. The standard InChI is InChI=1S/C22H22N4O3/c1-14-10-17-11-15(4-9-19(17)26(14)2)13-23-20(27)12-21-24-22(25-29-21)16-5-7-18(28-3)8-6-16/h4-11H,12-13H2,1-3H3,(H,23,27). The Morgan fingerprint density at radius 2 is 1.97 bits per heavy atom. The quantitative estimate of drug-likeness (QED) is 0.546. The van der Waals surface area contributed by atoms with Gasteiger partial charge in [-0.1, -0.05) is 11.2 Å². The number of amides is 1. The number of hydrogen-bond donors (Lipinski definition) is 1. The first-order valence-electron chi connectivity index (χ1n) is 9.32. The minimum atomic E-state index is -0.167. The van der Waals surface area contributed by atoms with Crippen LogP contribution in [0.1, 0.15) is 17.1 Å². The van der Waals surface area contributed by atoms with Crippen molar-refractivity contribution >= 4 is 16.8 Å². The first kappa shape index (κ1) is 18.7. The average molecular weight is 390 g/mol. The van der Waals surface area contributed by atoms with Crippen molar-refractivity contribution in [2.45, 2.75) is 19.9 Å². The number of nitrogens with zero attached hydrogens (tertiary/aromatic N) is 3. The van der Waals surface area contributed by atoms with Crippen molar-refractivity contribution < 1.29 is 14.1 Å². The van der Waals surface area contributed by atoms with E-state index in [0.29, 0.717) is 12.4 Å². The number of methoxy groups -OCH3 is 1. The van der Waals surface area contributed by atoms with Crippen LogP contribution in [-0.2, 0) is 24.8 Å². The van der Waals surface area contributed by atoms with Crippen molar-refractivity contribution in [2.24, 2.45) is 7.05 Å². The lowest BCUT2D eigenvalue weighted by atomic mass is 10.1. The second-order valence-corrected chi connectivity index (χ2v) is 6.93. The average Bonchev–Trinajstić information content (AvgIpc) is 3.31. The minimum absolute atomic E-state index is 0.0375. The Bertz CT molecular complexity index is 1160. The fourth-order valence-electron chi connectivity index (χ4n) is 3.23.